The van der Waals surface area contributed by atoms with Crippen LogP contribution in [0.1, 0.15) is 39.0 Å². The van der Waals surface area contributed by atoms with E-state index >= 15 is 0 Å². The van der Waals surface area contributed by atoms with Crippen LogP contribution in [0.3, 0.4) is 0 Å². The minimum atomic E-state index is -0.456. The van der Waals surface area contributed by atoms with Gasteiger partial charge in [-0.25, -0.2) is 0 Å². The molecule has 0 aliphatic heterocycles. The molecule has 64 valence electrons. The van der Waals surface area contributed by atoms with Crippen LogP contribution in [0.4, 0.5) is 0 Å². The Hall–Kier alpha value is 0.158. The monoisotopic (exact) mass is 240 g/mol. The Morgan fingerprint density at radius 3 is 2.55 bits per heavy atom. The first-order chi connectivity index (χ1) is 5.29. The molecule has 0 saturated heterocycles. The third-order valence-corrected chi connectivity index (χ3v) is 4.49. The molecular weight excluding hydrogens is 224 g/mol. The van der Waals surface area contributed by atoms with Crippen LogP contribution < -0.4 is 0 Å². The fraction of sp³-hybridized carbons (Fsp3) is 0.875. The standard InChI is InChI=1S/C6H11.C2H4O2.Mo/c1-2-4-6-5-3-1;1-2(3)4;/h1H,2-6H2;1H3,(H,3,4);/q;;+1/p-1. The fourth-order valence-corrected chi connectivity index (χ4v) is 3.26. The van der Waals surface area contributed by atoms with Crippen molar-refractivity contribution < 1.29 is 27.1 Å². The van der Waals surface area contributed by atoms with Crippen LogP contribution in [0.5, 0.6) is 0 Å². The molecule has 1 saturated carbocycles. The van der Waals surface area contributed by atoms with Crippen LogP contribution in [-0.4, -0.2) is 5.97 Å². The van der Waals surface area contributed by atoms with Crippen molar-refractivity contribution in [2.75, 3.05) is 0 Å². The Morgan fingerprint density at radius 1 is 1.36 bits per heavy atom. The number of hydrogen-bond donors (Lipinski definition) is 0. The fourth-order valence-electron chi connectivity index (χ4n) is 1.30. The average Bonchev–Trinajstić information content (AvgIpc) is 2.03. The van der Waals surface area contributed by atoms with Gasteiger partial charge in [0, 0.05) is 0 Å². The molecule has 0 N–H and O–H groups in total. The summed E-state index contributed by atoms with van der Waals surface area (Å²) < 4.78 is 5.85. The summed E-state index contributed by atoms with van der Waals surface area (Å²) in [7, 11) is 0. The van der Waals surface area contributed by atoms with Gasteiger partial charge in [-0.2, -0.15) is 0 Å². The zero-order chi connectivity index (χ0) is 8.10. The molecule has 0 bridgehead atoms. The van der Waals surface area contributed by atoms with E-state index in [2.05, 4.69) is 0 Å². The summed E-state index contributed by atoms with van der Waals surface area (Å²) in [6.45, 7) is 1.51. The predicted octanol–water partition coefficient (Wildman–Crippen LogP) is 2.30. The van der Waals surface area contributed by atoms with E-state index in [9.17, 15) is 4.79 Å². The van der Waals surface area contributed by atoms with Crippen LogP contribution in [0.25, 0.3) is 0 Å². The molecule has 1 aliphatic rings. The first-order valence-electron chi connectivity index (χ1n) is 4.13. The topological polar surface area (TPSA) is 26.3 Å². The Labute approximate surface area is 76.7 Å². The molecule has 0 unspecified atom stereocenters. The second-order valence-corrected chi connectivity index (χ2v) is 5.45. The van der Waals surface area contributed by atoms with Gasteiger partial charge in [0.25, 0.3) is 0 Å². The van der Waals surface area contributed by atoms with Crippen LogP contribution in [0.2, 0.25) is 4.31 Å². The van der Waals surface area contributed by atoms with Crippen molar-refractivity contribution in [3.05, 3.63) is 0 Å². The molecule has 0 radical (unpaired) electrons. The van der Waals surface area contributed by atoms with Gasteiger partial charge < -0.3 is 0 Å². The molecule has 0 aromatic carbocycles. The van der Waals surface area contributed by atoms with Gasteiger partial charge in [0.05, 0.1) is 0 Å². The molecule has 1 aliphatic carbocycles. The van der Waals surface area contributed by atoms with Crippen LogP contribution in [0, 0.1) is 0 Å². The van der Waals surface area contributed by atoms with Gasteiger partial charge in [-0.05, 0) is 0 Å². The molecule has 0 amide bonds. The number of rotatable bonds is 2. The van der Waals surface area contributed by atoms with Crippen molar-refractivity contribution in [1.29, 1.82) is 0 Å². The van der Waals surface area contributed by atoms with Crippen molar-refractivity contribution in [3.8, 4) is 0 Å². The molecule has 0 aromatic rings. The Balaban J connectivity index is 2.09. The average molecular weight is 238 g/mol. The third-order valence-electron chi connectivity index (χ3n) is 1.85. The van der Waals surface area contributed by atoms with Gasteiger partial charge >= 0.3 is 76.4 Å². The Bertz CT molecular complexity index is 130. The summed E-state index contributed by atoms with van der Waals surface area (Å²) in [4.78, 5) is 10.5. The van der Waals surface area contributed by atoms with Gasteiger partial charge in [0.15, 0.2) is 0 Å². The zero-order valence-electron chi connectivity index (χ0n) is 6.84. The summed E-state index contributed by atoms with van der Waals surface area (Å²) in [5.41, 5.74) is 0. The maximum absolute atomic E-state index is 10.5. The molecule has 0 atom stereocenters. The molecular formula is C8H14MoO2. The molecule has 1 rings (SSSR count). The zero-order valence-corrected chi connectivity index (χ0v) is 8.84. The second-order valence-electron chi connectivity index (χ2n) is 2.93. The molecule has 0 heterocycles. The van der Waals surface area contributed by atoms with Gasteiger partial charge in [0.1, 0.15) is 0 Å². The number of carbonyl (C=O) groups excluding carboxylic acids is 1. The summed E-state index contributed by atoms with van der Waals surface area (Å²) >= 11 is -0.456. The summed E-state index contributed by atoms with van der Waals surface area (Å²) in [5.74, 6) is -0.0852. The van der Waals surface area contributed by atoms with E-state index in [1.165, 1.54) is 39.0 Å². The molecule has 0 spiro atoms. The van der Waals surface area contributed by atoms with Crippen molar-refractivity contribution in [3.63, 3.8) is 0 Å². The van der Waals surface area contributed by atoms with Gasteiger partial charge in [-0.3, -0.25) is 0 Å². The van der Waals surface area contributed by atoms with Crippen molar-refractivity contribution in [2.45, 2.75) is 43.3 Å². The van der Waals surface area contributed by atoms with Gasteiger partial charge in [-0.15, -0.1) is 0 Å². The van der Waals surface area contributed by atoms with E-state index in [4.69, 9.17) is 3.39 Å². The molecule has 0 aromatic heterocycles. The van der Waals surface area contributed by atoms with Crippen LogP contribution >= 0.6 is 0 Å². The van der Waals surface area contributed by atoms with Crippen LogP contribution in [0.15, 0.2) is 0 Å². The van der Waals surface area contributed by atoms with Gasteiger partial charge in [-0.1, -0.05) is 0 Å². The molecule has 11 heavy (non-hydrogen) atoms. The van der Waals surface area contributed by atoms with E-state index in [0.29, 0.717) is 0 Å². The predicted molar refractivity (Wildman–Crippen MR) is 38.6 cm³/mol. The normalized spacial score (nSPS) is 19.7. The summed E-state index contributed by atoms with van der Waals surface area (Å²) in [6, 6.07) is 0. The van der Waals surface area contributed by atoms with Crippen molar-refractivity contribution >= 4 is 5.97 Å². The SMILES string of the molecule is CC(=O)[O][Mo][CH]1CCCCC1. The van der Waals surface area contributed by atoms with E-state index in [0.717, 1.165) is 4.31 Å². The van der Waals surface area contributed by atoms with Gasteiger partial charge in [0.2, 0.25) is 0 Å². The van der Waals surface area contributed by atoms with Crippen LogP contribution in [-0.2, 0) is 27.1 Å². The molecule has 2 nitrogen and oxygen atoms in total. The molecule has 1 fully saturated rings. The van der Waals surface area contributed by atoms with E-state index < -0.39 is 18.9 Å². The Kier molecular flexibility index (Phi) is 4.14. The minimum absolute atomic E-state index is 0.0852. The third kappa shape index (κ3) is 3.91. The van der Waals surface area contributed by atoms with Crippen molar-refractivity contribution in [2.24, 2.45) is 0 Å². The first-order valence-corrected chi connectivity index (χ1v) is 6.11. The first kappa shape index (κ1) is 9.25. The number of carbonyl (C=O) groups is 1. The van der Waals surface area contributed by atoms with E-state index in [1.54, 1.807) is 0 Å². The Morgan fingerprint density at radius 2 is 2.00 bits per heavy atom. The van der Waals surface area contributed by atoms with Crippen molar-refractivity contribution in [1.82, 2.24) is 0 Å². The number of hydrogen-bond acceptors (Lipinski definition) is 2. The van der Waals surface area contributed by atoms with E-state index in [-0.39, 0.29) is 5.97 Å². The quantitative estimate of drug-likeness (QED) is 0.690. The second kappa shape index (κ2) is 4.92. The summed E-state index contributed by atoms with van der Waals surface area (Å²) in [5, 5.41) is 0. The summed E-state index contributed by atoms with van der Waals surface area (Å²) in [6.07, 6.45) is 6.67. The van der Waals surface area contributed by atoms with E-state index in [1.807, 2.05) is 0 Å². The molecule has 3 heteroatoms. The maximum atomic E-state index is 10.5.